The predicted octanol–water partition coefficient (Wildman–Crippen LogP) is 2.66. The molecule has 0 aliphatic carbocycles. The predicted molar refractivity (Wildman–Crippen MR) is 77.1 cm³/mol. The van der Waals surface area contributed by atoms with Crippen molar-refractivity contribution in [1.29, 1.82) is 0 Å². The first kappa shape index (κ1) is 13.0. The van der Waals surface area contributed by atoms with Gasteiger partial charge in [0.25, 0.3) is 0 Å². The van der Waals surface area contributed by atoms with E-state index < -0.39 is 0 Å². The summed E-state index contributed by atoms with van der Waals surface area (Å²) in [6.07, 6.45) is 7.99. The maximum Gasteiger partial charge on any atom is 0.119 e. The molecular formula is C15H22N2O. The topological polar surface area (TPSA) is 38.5 Å². The SMILES string of the molecule is COc1ccc(N2CCCCC2)c(/C=C/CN)c1. The van der Waals surface area contributed by atoms with Gasteiger partial charge in [-0.25, -0.2) is 0 Å². The number of anilines is 1. The Labute approximate surface area is 109 Å². The van der Waals surface area contributed by atoms with Crippen molar-refractivity contribution in [2.24, 2.45) is 5.73 Å². The first-order chi connectivity index (χ1) is 8.85. The van der Waals surface area contributed by atoms with Crippen LogP contribution in [0.4, 0.5) is 5.69 Å². The maximum atomic E-state index is 5.54. The molecule has 1 aromatic carbocycles. The van der Waals surface area contributed by atoms with Crippen LogP contribution < -0.4 is 15.4 Å². The first-order valence-corrected chi connectivity index (χ1v) is 6.64. The van der Waals surface area contributed by atoms with Gasteiger partial charge in [0.1, 0.15) is 5.75 Å². The molecule has 1 aromatic rings. The summed E-state index contributed by atoms with van der Waals surface area (Å²) in [6.45, 7) is 2.86. The summed E-state index contributed by atoms with van der Waals surface area (Å²) in [7, 11) is 1.70. The van der Waals surface area contributed by atoms with Crippen molar-refractivity contribution >= 4 is 11.8 Å². The maximum absolute atomic E-state index is 5.54. The van der Waals surface area contributed by atoms with E-state index in [9.17, 15) is 0 Å². The fourth-order valence-corrected chi connectivity index (χ4v) is 2.41. The van der Waals surface area contributed by atoms with Crippen LogP contribution in [0.2, 0.25) is 0 Å². The van der Waals surface area contributed by atoms with Crippen LogP contribution >= 0.6 is 0 Å². The van der Waals surface area contributed by atoms with E-state index in [2.05, 4.69) is 23.1 Å². The Morgan fingerprint density at radius 3 is 2.72 bits per heavy atom. The number of ether oxygens (including phenoxy) is 1. The lowest BCUT2D eigenvalue weighted by Crippen LogP contribution is -2.29. The first-order valence-electron chi connectivity index (χ1n) is 6.64. The second kappa shape index (κ2) is 6.45. The van der Waals surface area contributed by atoms with Crippen molar-refractivity contribution in [2.75, 3.05) is 31.6 Å². The smallest absolute Gasteiger partial charge is 0.119 e. The lowest BCUT2D eigenvalue weighted by molar-refractivity contribution is 0.414. The molecule has 2 rings (SSSR count). The molecular weight excluding hydrogens is 224 g/mol. The Bertz CT molecular complexity index is 409. The molecule has 18 heavy (non-hydrogen) atoms. The van der Waals surface area contributed by atoms with Crippen LogP contribution in [0.25, 0.3) is 6.08 Å². The molecule has 1 saturated heterocycles. The van der Waals surface area contributed by atoms with E-state index in [0.29, 0.717) is 6.54 Å². The zero-order valence-corrected chi connectivity index (χ0v) is 11.1. The zero-order valence-electron chi connectivity index (χ0n) is 11.1. The summed E-state index contributed by atoms with van der Waals surface area (Å²) in [5, 5.41) is 0. The van der Waals surface area contributed by atoms with Crippen LogP contribution in [-0.4, -0.2) is 26.7 Å². The minimum absolute atomic E-state index is 0.566. The highest BCUT2D eigenvalue weighted by molar-refractivity contribution is 5.69. The van der Waals surface area contributed by atoms with Gasteiger partial charge < -0.3 is 15.4 Å². The van der Waals surface area contributed by atoms with Gasteiger partial charge >= 0.3 is 0 Å². The lowest BCUT2D eigenvalue weighted by Gasteiger charge is -2.30. The van der Waals surface area contributed by atoms with Crippen LogP contribution in [-0.2, 0) is 0 Å². The number of nitrogens with two attached hydrogens (primary N) is 1. The highest BCUT2D eigenvalue weighted by Gasteiger charge is 2.13. The fraction of sp³-hybridized carbons (Fsp3) is 0.467. The van der Waals surface area contributed by atoms with E-state index in [1.54, 1.807) is 7.11 Å². The van der Waals surface area contributed by atoms with Gasteiger partial charge in [0.05, 0.1) is 7.11 Å². The average Bonchev–Trinajstić information content (AvgIpc) is 2.45. The van der Waals surface area contributed by atoms with Gasteiger partial charge in [0, 0.05) is 30.9 Å². The average molecular weight is 246 g/mol. The van der Waals surface area contributed by atoms with Crippen molar-refractivity contribution in [1.82, 2.24) is 0 Å². The number of rotatable bonds is 4. The molecule has 0 spiro atoms. The number of methoxy groups -OCH3 is 1. The standard InChI is InChI=1S/C15H22N2O/c1-18-14-7-8-15(13(12-14)6-5-9-16)17-10-3-2-4-11-17/h5-8,12H,2-4,9-11,16H2,1H3/b6-5+. The summed E-state index contributed by atoms with van der Waals surface area (Å²) in [4.78, 5) is 2.46. The van der Waals surface area contributed by atoms with Crippen LogP contribution in [0.1, 0.15) is 24.8 Å². The molecule has 0 radical (unpaired) electrons. The van der Waals surface area contributed by atoms with E-state index in [1.165, 1.54) is 30.5 Å². The number of hydrogen-bond donors (Lipinski definition) is 1. The highest BCUT2D eigenvalue weighted by Crippen LogP contribution is 2.28. The van der Waals surface area contributed by atoms with Gasteiger partial charge in [-0.15, -0.1) is 0 Å². The monoisotopic (exact) mass is 246 g/mol. The summed E-state index contributed by atoms with van der Waals surface area (Å²) < 4.78 is 5.29. The van der Waals surface area contributed by atoms with Crippen molar-refractivity contribution in [3.05, 3.63) is 29.8 Å². The Kier molecular flexibility index (Phi) is 4.65. The minimum atomic E-state index is 0.566. The Balaban J connectivity index is 2.28. The van der Waals surface area contributed by atoms with Crippen LogP contribution in [0, 0.1) is 0 Å². The number of nitrogens with zero attached hydrogens (tertiary/aromatic N) is 1. The van der Waals surface area contributed by atoms with Gasteiger partial charge in [-0.1, -0.05) is 12.2 Å². The van der Waals surface area contributed by atoms with Crippen molar-refractivity contribution in [3.63, 3.8) is 0 Å². The second-order valence-corrected chi connectivity index (χ2v) is 4.61. The number of benzene rings is 1. The van der Waals surface area contributed by atoms with E-state index in [0.717, 1.165) is 18.8 Å². The van der Waals surface area contributed by atoms with Crippen molar-refractivity contribution in [2.45, 2.75) is 19.3 Å². The van der Waals surface area contributed by atoms with Crippen LogP contribution in [0.5, 0.6) is 5.75 Å². The third-order valence-corrected chi connectivity index (χ3v) is 3.36. The summed E-state index contributed by atoms with van der Waals surface area (Å²) in [5.74, 6) is 0.896. The Morgan fingerprint density at radius 2 is 2.06 bits per heavy atom. The quantitative estimate of drug-likeness (QED) is 0.887. The molecule has 98 valence electrons. The molecule has 2 N–H and O–H groups in total. The number of piperidine rings is 1. The van der Waals surface area contributed by atoms with E-state index in [-0.39, 0.29) is 0 Å². The van der Waals surface area contributed by atoms with Gasteiger partial charge in [-0.2, -0.15) is 0 Å². The Morgan fingerprint density at radius 1 is 1.28 bits per heavy atom. The molecule has 1 aliphatic heterocycles. The van der Waals surface area contributed by atoms with E-state index >= 15 is 0 Å². The molecule has 0 atom stereocenters. The molecule has 0 saturated carbocycles. The minimum Gasteiger partial charge on any atom is -0.497 e. The second-order valence-electron chi connectivity index (χ2n) is 4.61. The molecule has 0 aromatic heterocycles. The van der Waals surface area contributed by atoms with Gasteiger partial charge in [-0.3, -0.25) is 0 Å². The molecule has 1 heterocycles. The normalized spacial score (nSPS) is 16.2. The molecule has 0 unspecified atom stereocenters. The summed E-state index contributed by atoms with van der Waals surface area (Å²) in [5.41, 5.74) is 8.03. The fourth-order valence-electron chi connectivity index (χ4n) is 2.41. The third-order valence-electron chi connectivity index (χ3n) is 3.36. The summed E-state index contributed by atoms with van der Waals surface area (Å²) in [6, 6.07) is 6.26. The van der Waals surface area contributed by atoms with Crippen LogP contribution in [0.15, 0.2) is 24.3 Å². The third kappa shape index (κ3) is 3.05. The van der Waals surface area contributed by atoms with E-state index in [1.807, 2.05) is 12.1 Å². The zero-order chi connectivity index (χ0) is 12.8. The molecule has 0 bridgehead atoms. The van der Waals surface area contributed by atoms with E-state index in [4.69, 9.17) is 10.5 Å². The highest BCUT2D eigenvalue weighted by atomic mass is 16.5. The van der Waals surface area contributed by atoms with Gasteiger partial charge in [0.2, 0.25) is 0 Å². The molecule has 1 aliphatic rings. The number of hydrogen-bond acceptors (Lipinski definition) is 3. The summed E-state index contributed by atoms with van der Waals surface area (Å²) >= 11 is 0. The van der Waals surface area contributed by atoms with Crippen molar-refractivity contribution in [3.8, 4) is 5.75 Å². The molecule has 0 amide bonds. The van der Waals surface area contributed by atoms with Crippen molar-refractivity contribution < 1.29 is 4.74 Å². The molecule has 1 fully saturated rings. The van der Waals surface area contributed by atoms with Crippen LogP contribution in [0.3, 0.4) is 0 Å². The van der Waals surface area contributed by atoms with Gasteiger partial charge in [0.15, 0.2) is 0 Å². The van der Waals surface area contributed by atoms with Gasteiger partial charge in [-0.05, 0) is 37.5 Å². The molecule has 3 nitrogen and oxygen atoms in total. The Hall–Kier alpha value is -1.48. The molecule has 3 heteroatoms. The largest absolute Gasteiger partial charge is 0.497 e. The lowest BCUT2D eigenvalue weighted by atomic mass is 10.1.